The minimum Gasteiger partial charge on any atom is -0.354 e. The van der Waals surface area contributed by atoms with Crippen LogP contribution < -0.4 is 10.6 Å². The summed E-state index contributed by atoms with van der Waals surface area (Å²) in [5.41, 5.74) is 0. The van der Waals surface area contributed by atoms with E-state index < -0.39 is 0 Å². The van der Waals surface area contributed by atoms with E-state index in [1.807, 2.05) is 13.8 Å². The van der Waals surface area contributed by atoms with Gasteiger partial charge in [-0.1, -0.05) is 6.92 Å². The molecule has 1 atom stereocenters. The minimum atomic E-state index is 0.143. The summed E-state index contributed by atoms with van der Waals surface area (Å²) in [5.74, 6) is 0.806. The molecule has 0 aromatic rings. The standard InChI is InChI=1S/C14H29N3O/c1-12(2)16-14(18)6-7-15-10-13(3)11-17-8-4-5-9-17/h12-13,15H,4-11H2,1-3H3,(H,16,18). The summed E-state index contributed by atoms with van der Waals surface area (Å²) in [7, 11) is 0. The number of likely N-dealkylation sites (tertiary alicyclic amines) is 1. The van der Waals surface area contributed by atoms with Crippen molar-refractivity contribution >= 4 is 5.91 Å². The van der Waals surface area contributed by atoms with Crippen LogP contribution in [0.4, 0.5) is 0 Å². The minimum absolute atomic E-state index is 0.143. The molecule has 0 spiro atoms. The van der Waals surface area contributed by atoms with Crippen LogP contribution in [0.2, 0.25) is 0 Å². The van der Waals surface area contributed by atoms with E-state index in [1.54, 1.807) is 0 Å². The Kier molecular flexibility index (Phi) is 7.28. The van der Waals surface area contributed by atoms with E-state index in [-0.39, 0.29) is 11.9 Å². The molecule has 0 saturated carbocycles. The smallest absolute Gasteiger partial charge is 0.221 e. The first kappa shape index (κ1) is 15.4. The average Bonchev–Trinajstić information content (AvgIpc) is 2.76. The van der Waals surface area contributed by atoms with E-state index in [4.69, 9.17) is 0 Å². The summed E-state index contributed by atoms with van der Waals surface area (Å²) < 4.78 is 0. The van der Waals surface area contributed by atoms with Crippen molar-refractivity contribution in [1.29, 1.82) is 0 Å². The van der Waals surface area contributed by atoms with Crippen molar-refractivity contribution in [3.63, 3.8) is 0 Å². The first-order chi connectivity index (χ1) is 8.58. The quantitative estimate of drug-likeness (QED) is 0.641. The van der Waals surface area contributed by atoms with Gasteiger partial charge in [0.1, 0.15) is 0 Å². The molecule has 0 aromatic carbocycles. The van der Waals surface area contributed by atoms with Gasteiger partial charge in [0, 0.05) is 25.6 Å². The summed E-state index contributed by atoms with van der Waals surface area (Å²) in [6, 6.07) is 0.242. The molecule has 2 N–H and O–H groups in total. The SMILES string of the molecule is CC(CNCCC(=O)NC(C)C)CN1CCCC1. The Labute approximate surface area is 111 Å². The van der Waals surface area contributed by atoms with Gasteiger partial charge in [0.2, 0.25) is 5.91 Å². The predicted octanol–water partition coefficient (Wildman–Crippen LogP) is 1.22. The molecule has 4 heteroatoms. The van der Waals surface area contributed by atoms with Gasteiger partial charge in [-0.15, -0.1) is 0 Å². The first-order valence-electron chi connectivity index (χ1n) is 7.30. The Morgan fingerprint density at radius 1 is 1.22 bits per heavy atom. The maximum absolute atomic E-state index is 11.4. The van der Waals surface area contributed by atoms with Gasteiger partial charge in [-0.3, -0.25) is 4.79 Å². The molecule has 1 amide bonds. The Bertz CT molecular complexity index is 237. The van der Waals surface area contributed by atoms with Crippen molar-refractivity contribution < 1.29 is 4.79 Å². The molecule has 1 heterocycles. The second-order valence-corrected chi connectivity index (χ2v) is 5.79. The summed E-state index contributed by atoms with van der Waals surface area (Å²) in [6.07, 6.45) is 3.29. The second-order valence-electron chi connectivity index (χ2n) is 5.79. The predicted molar refractivity (Wildman–Crippen MR) is 75.6 cm³/mol. The van der Waals surface area contributed by atoms with Crippen LogP contribution in [0.3, 0.4) is 0 Å². The number of amides is 1. The van der Waals surface area contributed by atoms with Crippen molar-refractivity contribution in [2.24, 2.45) is 5.92 Å². The molecule has 18 heavy (non-hydrogen) atoms. The second kappa shape index (κ2) is 8.48. The molecule has 0 aliphatic carbocycles. The van der Waals surface area contributed by atoms with Gasteiger partial charge >= 0.3 is 0 Å². The van der Waals surface area contributed by atoms with Gasteiger partial charge in [-0.05, 0) is 52.2 Å². The van der Waals surface area contributed by atoms with Crippen LogP contribution in [-0.2, 0) is 4.79 Å². The van der Waals surface area contributed by atoms with Crippen molar-refractivity contribution in [1.82, 2.24) is 15.5 Å². The van der Waals surface area contributed by atoms with E-state index in [9.17, 15) is 4.79 Å². The van der Waals surface area contributed by atoms with Crippen molar-refractivity contribution in [2.75, 3.05) is 32.7 Å². The molecule has 1 saturated heterocycles. The number of rotatable bonds is 8. The van der Waals surface area contributed by atoms with E-state index in [0.29, 0.717) is 12.3 Å². The van der Waals surface area contributed by atoms with Gasteiger partial charge in [0.25, 0.3) is 0 Å². The maximum Gasteiger partial charge on any atom is 0.221 e. The highest BCUT2D eigenvalue weighted by atomic mass is 16.1. The topological polar surface area (TPSA) is 44.4 Å². The van der Waals surface area contributed by atoms with Crippen LogP contribution in [0, 0.1) is 5.92 Å². The fourth-order valence-electron chi connectivity index (χ4n) is 2.42. The average molecular weight is 255 g/mol. The lowest BCUT2D eigenvalue weighted by molar-refractivity contribution is -0.121. The zero-order valence-corrected chi connectivity index (χ0v) is 12.2. The van der Waals surface area contributed by atoms with Crippen LogP contribution in [0.5, 0.6) is 0 Å². The third-order valence-corrected chi connectivity index (χ3v) is 3.24. The van der Waals surface area contributed by atoms with E-state index in [2.05, 4.69) is 22.5 Å². The largest absolute Gasteiger partial charge is 0.354 e. The summed E-state index contributed by atoms with van der Waals surface area (Å²) in [4.78, 5) is 14.0. The Balaban J connectivity index is 1.97. The van der Waals surface area contributed by atoms with Crippen LogP contribution >= 0.6 is 0 Å². The van der Waals surface area contributed by atoms with E-state index in [1.165, 1.54) is 32.5 Å². The molecular formula is C14H29N3O. The van der Waals surface area contributed by atoms with Crippen LogP contribution in [0.25, 0.3) is 0 Å². The van der Waals surface area contributed by atoms with Gasteiger partial charge in [0.15, 0.2) is 0 Å². The lowest BCUT2D eigenvalue weighted by Crippen LogP contribution is -2.35. The molecule has 1 aliphatic heterocycles. The number of carbonyl (C=O) groups is 1. The van der Waals surface area contributed by atoms with Gasteiger partial charge in [-0.2, -0.15) is 0 Å². The number of nitrogens with zero attached hydrogens (tertiary/aromatic N) is 1. The van der Waals surface area contributed by atoms with E-state index >= 15 is 0 Å². The highest BCUT2D eigenvalue weighted by molar-refractivity contribution is 5.76. The molecule has 0 bridgehead atoms. The fraction of sp³-hybridized carbons (Fsp3) is 0.929. The monoisotopic (exact) mass is 255 g/mol. The lowest BCUT2D eigenvalue weighted by Gasteiger charge is -2.20. The molecule has 1 rings (SSSR count). The summed E-state index contributed by atoms with van der Waals surface area (Å²) in [6.45, 7) is 11.8. The maximum atomic E-state index is 11.4. The fourth-order valence-corrected chi connectivity index (χ4v) is 2.42. The van der Waals surface area contributed by atoms with Gasteiger partial charge in [-0.25, -0.2) is 0 Å². The molecule has 1 aliphatic rings. The summed E-state index contributed by atoms with van der Waals surface area (Å²) >= 11 is 0. The molecule has 106 valence electrons. The number of carbonyl (C=O) groups excluding carboxylic acids is 1. The van der Waals surface area contributed by atoms with Crippen LogP contribution in [-0.4, -0.2) is 49.6 Å². The van der Waals surface area contributed by atoms with Crippen molar-refractivity contribution in [3.8, 4) is 0 Å². The number of nitrogens with one attached hydrogen (secondary N) is 2. The van der Waals surface area contributed by atoms with Crippen LogP contribution in [0.15, 0.2) is 0 Å². The molecule has 1 fully saturated rings. The number of hydrogen-bond acceptors (Lipinski definition) is 3. The van der Waals surface area contributed by atoms with Crippen molar-refractivity contribution in [2.45, 2.75) is 46.1 Å². The van der Waals surface area contributed by atoms with Crippen molar-refractivity contribution in [3.05, 3.63) is 0 Å². The third-order valence-electron chi connectivity index (χ3n) is 3.24. The third kappa shape index (κ3) is 6.97. The number of hydrogen-bond donors (Lipinski definition) is 2. The first-order valence-corrected chi connectivity index (χ1v) is 7.30. The lowest BCUT2D eigenvalue weighted by atomic mass is 10.1. The Morgan fingerprint density at radius 3 is 2.50 bits per heavy atom. The van der Waals surface area contributed by atoms with Gasteiger partial charge in [0.05, 0.1) is 0 Å². The highest BCUT2D eigenvalue weighted by Gasteiger charge is 2.14. The molecular weight excluding hydrogens is 226 g/mol. The Morgan fingerprint density at radius 2 is 1.89 bits per heavy atom. The zero-order valence-electron chi connectivity index (χ0n) is 12.2. The molecule has 4 nitrogen and oxygen atoms in total. The molecule has 0 radical (unpaired) electrons. The Hall–Kier alpha value is -0.610. The summed E-state index contributed by atoms with van der Waals surface area (Å²) in [5, 5.41) is 6.28. The van der Waals surface area contributed by atoms with Gasteiger partial charge < -0.3 is 15.5 Å². The highest BCUT2D eigenvalue weighted by Crippen LogP contribution is 2.09. The zero-order chi connectivity index (χ0) is 13.4. The van der Waals surface area contributed by atoms with Crippen LogP contribution in [0.1, 0.15) is 40.0 Å². The van der Waals surface area contributed by atoms with E-state index in [0.717, 1.165) is 13.1 Å². The molecule has 1 unspecified atom stereocenters. The molecule has 0 aromatic heterocycles. The normalized spacial score (nSPS) is 18.2.